The summed E-state index contributed by atoms with van der Waals surface area (Å²) in [7, 11) is 0. The fourth-order valence-corrected chi connectivity index (χ4v) is 8.59. The molecule has 12 aromatic rings. The van der Waals surface area contributed by atoms with Gasteiger partial charge in [0.25, 0.3) is 0 Å². The van der Waals surface area contributed by atoms with Gasteiger partial charge in [0.15, 0.2) is 17.5 Å². The van der Waals surface area contributed by atoms with Crippen LogP contribution in [0.4, 0.5) is 0 Å². The van der Waals surface area contributed by atoms with Gasteiger partial charge in [0.1, 0.15) is 22.3 Å². The molecule has 58 heavy (non-hydrogen) atoms. The van der Waals surface area contributed by atoms with E-state index in [1.807, 2.05) is 48.5 Å². The van der Waals surface area contributed by atoms with E-state index < -0.39 is 0 Å². The lowest BCUT2D eigenvalue weighted by Crippen LogP contribution is -2.01. The maximum Gasteiger partial charge on any atom is 0.167 e. The van der Waals surface area contributed by atoms with Crippen LogP contribution in [-0.4, -0.2) is 15.0 Å². The minimum absolute atomic E-state index is 0.547. The highest BCUT2D eigenvalue weighted by molar-refractivity contribution is 6.16. The third-order valence-electron chi connectivity index (χ3n) is 11.4. The third-order valence-corrected chi connectivity index (χ3v) is 11.4. The zero-order valence-corrected chi connectivity index (χ0v) is 31.1. The summed E-state index contributed by atoms with van der Waals surface area (Å²) in [5.41, 5.74) is 10.4. The first-order chi connectivity index (χ1) is 28.7. The van der Waals surface area contributed by atoms with E-state index in [9.17, 15) is 0 Å². The zero-order chi connectivity index (χ0) is 38.2. The van der Waals surface area contributed by atoms with Crippen molar-refractivity contribution in [3.8, 4) is 56.4 Å². The largest absolute Gasteiger partial charge is 0.456 e. The number of benzene rings is 9. The molecular weight excluding hydrogens is 711 g/mol. The third kappa shape index (κ3) is 5.14. The summed E-state index contributed by atoms with van der Waals surface area (Å²) in [5, 5.41) is 8.85. The van der Waals surface area contributed by atoms with E-state index in [2.05, 4.69) is 140 Å². The lowest BCUT2D eigenvalue weighted by molar-refractivity contribution is 0.669. The first-order valence-corrected chi connectivity index (χ1v) is 19.4. The SMILES string of the molecule is c1ccc2cc(-c3ccc(-c4nc(-c5cccc6c(-c7cccc8oc9ccccc9c78)cccc56)nc(-c5cccc6c5oc5ccccc56)n4)cc3)ccc2c1. The van der Waals surface area contributed by atoms with Crippen LogP contribution < -0.4 is 0 Å². The van der Waals surface area contributed by atoms with Crippen LogP contribution in [0, 0.1) is 0 Å². The summed E-state index contributed by atoms with van der Waals surface area (Å²) in [6.45, 7) is 0. The van der Waals surface area contributed by atoms with Crippen LogP contribution in [0.25, 0.3) is 122 Å². The van der Waals surface area contributed by atoms with Crippen molar-refractivity contribution in [1.29, 1.82) is 0 Å². The molecule has 3 aromatic heterocycles. The molecule has 0 atom stereocenters. The summed E-state index contributed by atoms with van der Waals surface area (Å²) in [4.78, 5) is 15.7. The molecular formula is C53H31N3O2. The fourth-order valence-electron chi connectivity index (χ4n) is 8.59. The van der Waals surface area contributed by atoms with E-state index >= 15 is 0 Å². The van der Waals surface area contributed by atoms with Crippen LogP contribution >= 0.6 is 0 Å². The fraction of sp³-hybridized carbons (Fsp3) is 0. The molecule has 9 aromatic carbocycles. The van der Waals surface area contributed by atoms with E-state index in [1.165, 1.54) is 10.8 Å². The van der Waals surface area contributed by atoms with Gasteiger partial charge in [-0.15, -0.1) is 0 Å². The van der Waals surface area contributed by atoms with Crippen molar-refractivity contribution in [2.75, 3.05) is 0 Å². The van der Waals surface area contributed by atoms with Gasteiger partial charge in [0.2, 0.25) is 0 Å². The van der Waals surface area contributed by atoms with E-state index in [0.29, 0.717) is 17.5 Å². The summed E-state index contributed by atoms with van der Waals surface area (Å²) in [6, 6.07) is 65.2. The number of aromatic nitrogens is 3. The average Bonchev–Trinajstić information content (AvgIpc) is 3.87. The van der Waals surface area contributed by atoms with Crippen LogP contribution in [0.15, 0.2) is 197 Å². The molecule has 0 saturated carbocycles. The first-order valence-electron chi connectivity index (χ1n) is 19.4. The van der Waals surface area contributed by atoms with E-state index in [0.717, 1.165) is 93.6 Å². The standard InChI is InChI=1S/C53H31N3O2/c1-2-12-35-31-36(30-27-32(35)11-1)33-25-28-34(29-26-33)51-54-52(56-53(55-51)45-21-9-19-42-40-13-3-5-22-46(40)58-50(42)45)43-20-8-15-37-38(16-7-17-39(37)43)41-18-10-24-48-49(41)44-14-4-6-23-47(44)57-48/h1-31H. The zero-order valence-electron chi connectivity index (χ0n) is 31.1. The van der Waals surface area contributed by atoms with Crippen molar-refractivity contribution in [3.63, 3.8) is 0 Å². The summed E-state index contributed by atoms with van der Waals surface area (Å²) in [5.74, 6) is 1.72. The smallest absolute Gasteiger partial charge is 0.167 e. The number of fused-ring (bicyclic) bond motifs is 8. The van der Waals surface area contributed by atoms with Gasteiger partial charge in [-0.2, -0.15) is 0 Å². The Hall–Kier alpha value is -7.89. The van der Waals surface area contributed by atoms with Crippen LogP contribution in [0.5, 0.6) is 0 Å². The Balaban J connectivity index is 1.05. The van der Waals surface area contributed by atoms with E-state index in [1.54, 1.807) is 0 Å². The van der Waals surface area contributed by atoms with Crippen LogP contribution in [-0.2, 0) is 0 Å². The van der Waals surface area contributed by atoms with Crippen molar-refractivity contribution in [2.24, 2.45) is 0 Å². The number of furan rings is 2. The van der Waals surface area contributed by atoms with Crippen molar-refractivity contribution in [2.45, 2.75) is 0 Å². The second-order valence-electron chi connectivity index (χ2n) is 14.7. The number of hydrogen-bond donors (Lipinski definition) is 0. The van der Waals surface area contributed by atoms with E-state index in [-0.39, 0.29) is 0 Å². The molecule has 0 spiro atoms. The topological polar surface area (TPSA) is 65.0 Å². The predicted molar refractivity (Wildman–Crippen MR) is 237 cm³/mol. The molecule has 0 aliphatic carbocycles. The van der Waals surface area contributed by atoms with Crippen molar-refractivity contribution < 1.29 is 8.83 Å². The number of para-hydroxylation sites is 3. The lowest BCUT2D eigenvalue weighted by Gasteiger charge is -2.13. The van der Waals surface area contributed by atoms with Crippen LogP contribution in [0.1, 0.15) is 0 Å². The van der Waals surface area contributed by atoms with Gasteiger partial charge in [0, 0.05) is 32.7 Å². The molecule has 12 rings (SSSR count). The minimum Gasteiger partial charge on any atom is -0.456 e. The van der Waals surface area contributed by atoms with Gasteiger partial charge in [-0.1, -0.05) is 158 Å². The van der Waals surface area contributed by atoms with Gasteiger partial charge in [0.05, 0.1) is 5.56 Å². The van der Waals surface area contributed by atoms with Gasteiger partial charge >= 0.3 is 0 Å². The Morgan fingerprint density at radius 2 is 0.828 bits per heavy atom. The summed E-state index contributed by atoms with van der Waals surface area (Å²) >= 11 is 0. The number of hydrogen-bond acceptors (Lipinski definition) is 5. The lowest BCUT2D eigenvalue weighted by atomic mass is 9.93. The molecule has 0 N–H and O–H groups in total. The molecule has 5 nitrogen and oxygen atoms in total. The number of rotatable bonds is 5. The highest BCUT2D eigenvalue weighted by Crippen LogP contribution is 2.42. The predicted octanol–water partition coefficient (Wildman–Crippen LogP) is 14.3. The number of nitrogens with zero attached hydrogens (tertiary/aromatic N) is 3. The second-order valence-corrected chi connectivity index (χ2v) is 14.7. The Labute approximate surface area is 332 Å². The van der Waals surface area contributed by atoms with Crippen molar-refractivity contribution >= 4 is 65.4 Å². The summed E-state index contributed by atoms with van der Waals surface area (Å²) in [6.07, 6.45) is 0. The van der Waals surface area contributed by atoms with Crippen molar-refractivity contribution in [1.82, 2.24) is 15.0 Å². The van der Waals surface area contributed by atoms with Gasteiger partial charge < -0.3 is 8.83 Å². The quantitative estimate of drug-likeness (QED) is 0.176. The molecule has 0 aliphatic rings. The van der Waals surface area contributed by atoms with Crippen LogP contribution in [0.2, 0.25) is 0 Å². The Bertz CT molecular complexity index is 3580. The van der Waals surface area contributed by atoms with Gasteiger partial charge in [-0.05, 0) is 74.1 Å². The Morgan fingerprint density at radius 3 is 1.66 bits per heavy atom. The first kappa shape index (κ1) is 32.4. The maximum atomic E-state index is 6.51. The van der Waals surface area contributed by atoms with E-state index in [4.69, 9.17) is 23.8 Å². The van der Waals surface area contributed by atoms with Crippen LogP contribution in [0.3, 0.4) is 0 Å². The molecule has 270 valence electrons. The highest BCUT2D eigenvalue weighted by Gasteiger charge is 2.20. The minimum atomic E-state index is 0.547. The average molecular weight is 742 g/mol. The van der Waals surface area contributed by atoms with Gasteiger partial charge in [-0.25, -0.2) is 15.0 Å². The second kappa shape index (κ2) is 12.8. The van der Waals surface area contributed by atoms with Crippen molar-refractivity contribution in [3.05, 3.63) is 188 Å². The summed E-state index contributed by atoms with van der Waals surface area (Å²) < 4.78 is 12.8. The molecule has 0 amide bonds. The normalized spacial score (nSPS) is 11.8. The molecule has 0 fully saturated rings. The molecule has 3 heterocycles. The maximum absolute atomic E-state index is 6.51. The Morgan fingerprint density at radius 1 is 0.293 bits per heavy atom. The highest BCUT2D eigenvalue weighted by atomic mass is 16.3. The Kier molecular flexibility index (Phi) is 7.16. The monoisotopic (exact) mass is 741 g/mol. The molecule has 0 unspecified atom stereocenters. The van der Waals surface area contributed by atoms with Gasteiger partial charge in [-0.3, -0.25) is 0 Å². The molecule has 0 bridgehead atoms. The molecule has 0 aliphatic heterocycles. The molecule has 5 heteroatoms. The molecule has 0 radical (unpaired) electrons. The molecule has 0 saturated heterocycles.